The average molecular weight is 272 g/mol. The number of hydrogen-bond acceptors (Lipinski definition) is 1. The van der Waals surface area contributed by atoms with Gasteiger partial charge >= 0.3 is 0 Å². The number of rotatable bonds is 9. The molecule has 1 unspecified atom stereocenters. The molecule has 0 amide bonds. The molecule has 0 bridgehead atoms. The third kappa shape index (κ3) is 8.31. The summed E-state index contributed by atoms with van der Waals surface area (Å²) < 4.78 is 0. The Bertz CT molecular complexity index is 186. The van der Waals surface area contributed by atoms with E-state index in [1.807, 2.05) is 0 Å². The van der Waals surface area contributed by atoms with Gasteiger partial charge in [-0.1, -0.05) is 92.2 Å². The van der Waals surface area contributed by atoms with Gasteiger partial charge in [0.15, 0.2) is 0 Å². The fourth-order valence-corrected chi connectivity index (χ4v) is 6.41. The minimum Gasteiger partial charge on any atom is -0.351 e. The molecule has 0 aliphatic rings. The van der Waals surface area contributed by atoms with Crippen LogP contribution < -0.4 is 5.40 Å². The summed E-state index contributed by atoms with van der Waals surface area (Å²) in [6, 6.07) is 0. The van der Waals surface area contributed by atoms with Gasteiger partial charge in [-0.2, -0.15) is 0 Å². The molecule has 0 spiro atoms. The molecule has 0 saturated heterocycles. The molecule has 0 fully saturated rings. The highest BCUT2D eigenvalue weighted by atomic mass is 28.3. The molecule has 1 nitrogen and oxygen atoms in total. The SMILES string of the molecule is CCCCCCCCCC(C(C)(C)C)[Si](C)(C)N. The first kappa shape index (κ1) is 18.2. The first-order valence-corrected chi connectivity index (χ1v) is 11.1. The smallest absolute Gasteiger partial charge is 0.120 e. The quantitative estimate of drug-likeness (QED) is 0.422. The Balaban J connectivity index is 3.86. The van der Waals surface area contributed by atoms with Crippen molar-refractivity contribution in [2.24, 2.45) is 10.8 Å². The normalized spacial score (nSPS) is 14.8. The van der Waals surface area contributed by atoms with E-state index in [1.54, 1.807) is 0 Å². The van der Waals surface area contributed by atoms with E-state index < -0.39 is 8.24 Å². The van der Waals surface area contributed by atoms with Gasteiger partial charge in [-0.05, 0) is 11.0 Å². The maximum Gasteiger partial charge on any atom is 0.120 e. The van der Waals surface area contributed by atoms with Crippen molar-refractivity contribution in [2.75, 3.05) is 0 Å². The summed E-state index contributed by atoms with van der Waals surface area (Å²) in [5.74, 6) is 0. The van der Waals surface area contributed by atoms with Gasteiger partial charge < -0.3 is 5.40 Å². The molecule has 0 heterocycles. The lowest BCUT2D eigenvalue weighted by molar-refractivity contribution is 0.345. The monoisotopic (exact) mass is 271 g/mol. The summed E-state index contributed by atoms with van der Waals surface area (Å²) in [5.41, 5.74) is 1.13. The van der Waals surface area contributed by atoms with Crippen LogP contribution in [0.5, 0.6) is 0 Å². The zero-order chi connectivity index (χ0) is 14.2. The van der Waals surface area contributed by atoms with Gasteiger partial charge in [-0.3, -0.25) is 0 Å². The number of unbranched alkanes of at least 4 members (excludes halogenated alkanes) is 6. The van der Waals surface area contributed by atoms with Crippen LogP contribution in [0.25, 0.3) is 0 Å². The lowest BCUT2D eigenvalue weighted by Crippen LogP contribution is -2.48. The largest absolute Gasteiger partial charge is 0.351 e. The zero-order valence-electron chi connectivity index (χ0n) is 13.8. The molecule has 0 saturated carbocycles. The Hall–Kier alpha value is 0.177. The third-order valence-corrected chi connectivity index (χ3v) is 6.99. The van der Waals surface area contributed by atoms with Crippen molar-refractivity contribution in [3.8, 4) is 0 Å². The van der Waals surface area contributed by atoms with Gasteiger partial charge in [0.2, 0.25) is 0 Å². The van der Waals surface area contributed by atoms with E-state index in [0.717, 1.165) is 5.54 Å². The van der Waals surface area contributed by atoms with Crippen LogP contribution in [0.15, 0.2) is 0 Å². The highest BCUT2D eigenvalue weighted by molar-refractivity contribution is 6.75. The molecule has 0 radical (unpaired) electrons. The van der Waals surface area contributed by atoms with Crippen LogP contribution in [0.1, 0.15) is 79.1 Å². The van der Waals surface area contributed by atoms with Crippen molar-refractivity contribution < 1.29 is 0 Å². The average Bonchev–Trinajstić information content (AvgIpc) is 2.18. The lowest BCUT2D eigenvalue weighted by Gasteiger charge is -2.39. The highest BCUT2D eigenvalue weighted by Crippen LogP contribution is 2.40. The molecule has 0 rings (SSSR count). The Morgan fingerprint density at radius 1 is 0.889 bits per heavy atom. The Morgan fingerprint density at radius 3 is 1.72 bits per heavy atom. The van der Waals surface area contributed by atoms with E-state index in [0.29, 0.717) is 5.41 Å². The first-order chi connectivity index (χ1) is 8.19. The molecular formula is C16H37NSi. The first-order valence-electron chi connectivity index (χ1n) is 7.98. The van der Waals surface area contributed by atoms with Gasteiger partial charge in [0.1, 0.15) is 8.24 Å². The maximum atomic E-state index is 6.49. The Morgan fingerprint density at radius 2 is 1.33 bits per heavy atom. The van der Waals surface area contributed by atoms with E-state index in [-0.39, 0.29) is 0 Å². The Labute approximate surface area is 117 Å². The van der Waals surface area contributed by atoms with Crippen LogP contribution in [0, 0.1) is 5.41 Å². The molecule has 0 aliphatic carbocycles. The molecule has 2 N–H and O–H groups in total. The van der Waals surface area contributed by atoms with Gasteiger partial charge in [0, 0.05) is 0 Å². The van der Waals surface area contributed by atoms with E-state index in [2.05, 4.69) is 40.8 Å². The topological polar surface area (TPSA) is 26.0 Å². The van der Waals surface area contributed by atoms with E-state index >= 15 is 0 Å². The molecule has 0 aliphatic heterocycles. The standard InChI is InChI=1S/C16H37NSi/c1-7-8-9-10-11-12-13-14-15(16(2,3)4)18(5,6)17/h15H,7-14,17H2,1-6H3. The van der Waals surface area contributed by atoms with Gasteiger partial charge in [-0.15, -0.1) is 0 Å². The van der Waals surface area contributed by atoms with Crippen LogP contribution >= 0.6 is 0 Å². The predicted molar refractivity (Wildman–Crippen MR) is 87.5 cm³/mol. The predicted octanol–water partition coefficient (Wildman–Crippen LogP) is 5.71. The van der Waals surface area contributed by atoms with Crippen molar-refractivity contribution in [3.63, 3.8) is 0 Å². The van der Waals surface area contributed by atoms with Crippen LogP contribution in [-0.2, 0) is 0 Å². The fourth-order valence-electron chi connectivity index (χ4n) is 3.23. The van der Waals surface area contributed by atoms with E-state index in [9.17, 15) is 0 Å². The molecule has 2 heteroatoms. The minimum atomic E-state index is -1.50. The van der Waals surface area contributed by atoms with Gasteiger partial charge in [0.05, 0.1) is 0 Å². The molecule has 0 aromatic carbocycles. The van der Waals surface area contributed by atoms with Crippen molar-refractivity contribution in [1.29, 1.82) is 0 Å². The van der Waals surface area contributed by atoms with Crippen LogP contribution in [-0.4, -0.2) is 8.24 Å². The minimum absolute atomic E-state index is 0.382. The summed E-state index contributed by atoms with van der Waals surface area (Å²) >= 11 is 0. The summed E-state index contributed by atoms with van der Waals surface area (Å²) in [6.07, 6.45) is 11.2. The van der Waals surface area contributed by atoms with Gasteiger partial charge in [0.25, 0.3) is 0 Å². The van der Waals surface area contributed by atoms with Crippen LogP contribution in [0.2, 0.25) is 18.6 Å². The summed E-state index contributed by atoms with van der Waals surface area (Å²) in [5, 5.41) is 6.49. The molecule has 18 heavy (non-hydrogen) atoms. The second kappa shape index (κ2) is 8.37. The molecule has 0 aromatic rings. The summed E-state index contributed by atoms with van der Waals surface area (Å²) in [4.78, 5) is 0. The zero-order valence-corrected chi connectivity index (χ0v) is 14.8. The molecule has 0 aromatic heterocycles. The number of hydrogen-bond donors (Lipinski definition) is 1. The molecular weight excluding hydrogens is 234 g/mol. The maximum absolute atomic E-state index is 6.49. The molecule has 1 atom stereocenters. The second-order valence-corrected chi connectivity index (χ2v) is 12.0. The van der Waals surface area contributed by atoms with Crippen molar-refractivity contribution in [3.05, 3.63) is 0 Å². The van der Waals surface area contributed by atoms with Crippen molar-refractivity contribution >= 4 is 8.24 Å². The highest BCUT2D eigenvalue weighted by Gasteiger charge is 2.36. The van der Waals surface area contributed by atoms with Crippen LogP contribution in [0.3, 0.4) is 0 Å². The third-order valence-electron chi connectivity index (χ3n) is 4.04. The summed E-state index contributed by atoms with van der Waals surface area (Å²) in [7, 11) is -1.50. The van der Waals surface area contributed by atoms with Gasteiger partial charge in [-0.25, -0.2) is 0 Å². The van der Waals surface area contributed by atoms with Crippen LogP contribution in [0.4, 0.5) is 0 Å². The van der Waals surface area contributed by atoms with E-state index in [4.69, 9.17) is 5.40 Å². The number of nitrogens with two attached hydrogens (primary N) is 1. The Kier molecular flexibility index (Phi) is 8.45. The lowest BCUT2D eigenvalue weighted by atomic mass is 9.88. The van der Waals surface area contributed by atoms with Crippen molar-refractivity contribution in [2.45, 2.75) is 97.7 Å². The molecule has 110 valence electrons. The van der Waals surface area contributed by atoms with Crippen molar-refractivity contribution in [1.82, 2.24) is 0 Å². The summed E-state index contributed by atoms with van der Waals surface area (Å²) in [6.45, 7) is 14.0. The second-order valence-electron chi connectivity index (χ2n) is 7.65. The van der Waals surface area contributed by atoms with E-state index in [1.165, 1.54) is 51.4 Å². The fraction of sp³-hybridized carbons (Fsp3) is 1.00.